The summed E-state index contributed by atoms with van der Waals surface area (Å²) < 4.78 is 12.3. The van der Waals surface area contributed by atoms with Gasteiger partial charge in [0.05, 0.1) is 19.2 Å². The Bertz CT molecular complexity index is 1160. The van der Waals surface area contributed by atoms with Crippen LogP contribution in [0.25, 0.3) is 22.3 Å². The van der Waals surface area contributed by atoms with E-state index in [1.54, 1.807) is 37.1 Å². The first-order valence-corrected chi connectivity index (χ1v) is 10.9. The van der Waals surface area contributed by atoms with Crippen LogP contribution in [0, 0.1) is 5.92 Å². The van der Waals surface area contributed by atoms with Gasteiger partial charge in [-0.3, -0.25) is 19.1 Å². The van der Waals surface area contributed by atoms with E-state index in [0.29, 0.717) is 36.8 Å². The number of anilines is 1. The number of carbonyl (C=O) groups is 1. The predicted molar refractivity (Wildman–Crippen MR) is 126 cm³/mol. The van der Waals surface area contributed by atoms with E-state index in [-0.39, 0.29) is 18.3 Å². The molecule has 3 heterocycles. The van der Waals surface area contributed by atoms with Crippen molar-refractivity contribution in [3.05, 3.63) is 40.9 Å². The van der Waals surface area contributed by atoms with Crippen molar-refractivity contribution in [3.63, 3.8) is 0 Å². The highest BCUT2D eigenvalue weighted by Gasteiger charge is 2.23. The molecule has 10 nitrogen and oxygen atoms in total. The highest BCUT2D eigenvalue weighted by Crippen LogP contribution is 2.23. The SMILES string of the molecule is CCCOCCn1c(=O)c(N(C)C(=O)[C@H](C)CN)nc2ncc(-c3ccc(OC)nc3)cc21. The van der Waals surface area contributed by atoms with Gasteiger partial charge in [-0.25, -0.2) is 15.0 Å². The summed E-state index contributed by atoms with van der Waals surface area (Å²) in [5.41, 5.74) is 7.74. The maximum atomic E-state index is 13.4. The van der Waals surface area contributed by atoms with Crippen molar-refractivity contribution in [1.29, 1.82) is 0 Å². The molecule has 3 rings (SSSR count). The Kier molecular flexibility index (Phi) is 8.07. The average molecular weight is 455 g/mol. The molecule has 0 unspecified atom stereocenters. The number of hydrogen-bond donors (Lipinski definition) is 1. The molecule has 0 aliphatic rings. The Morgan fingerprint density at radius 1 is 1.21 bits per heavy atom. The summed E-state index contributed by atoms with van der Waals surface area (Å²) in [4.78, 5) is 40.5. The maximum absolute atomic E-state index is 13.4. The van der Waals surface area contributed by atoms with Crippen LogP contribution in [-0.4, -0.2) is 59.3 Å². The summed E-state index contributed by atoms with van der Waals surface area (Å²) in [5.74, 6) is -0.208. The third-order valence-corrected chi connectivity index (χ3v) is 5.30. The molecule has 3 aromatic rings. The van der Waals surface area contributed by atoms with Crippen LogP contribution in [0.1, 0.15) is 20.3 Å². The lowest BCUT2D eigenvalue weighted by atomic mass is 10.1. The number of rotatable bonds is 10. The number of methoxy groups -OCH3 is 1. The van der Waals surface area contributed by atoms with Crippen molar-refractivity contribution in [2.24, 2.45) is 11.7 Å². The molecule has 0 bridgehead atoms. The molecule has 176 valence electrons. The number of nitrogens with zero attached hydrogens (tertiary/aromatic N) is 5. The number of carbonyl (C=O) groups excluding carboxylic acids is 1. The lowest BCUT2D eigenvalue weighted by Crippen LogP contribution is -2.40. The molecule has 0 aliphatic heterocycles. The molecule has 0 aromatic carbocycles. The molecular weight excluding hydrogens is 424 g/mol. The van der Waals surface area contributed by atoms with Gasteiger partial charge in [-0.05, 0) is 18.6 Å². The standard InChI is InChI=1S/C23H30N6O4/c1-5-9-33-10-8-29-18-11-17(16-6-7-19(32-4)25-13-16)14-26-20(18)27-21(23(29)31)28(3)22(30)15(2)12-24/h6-7,11,13-15H,5,8-10,12,24H2,1-4H3/t15-/m1/s1. The van der Waals surface area contributed by atoms with Crippen molar-refractivity contribution < 1.29 is 14.3 Å². The van der Waals surface area contributed by atoms with Gasteiger partial charge < -0.3 is 15.2 Å². The average Bonchev–Trinajstić information content (AvgIpc) is 2.85. The summed E-state index contributed by atoms with van der Waals surface area (Å²) in [5, 5.41) is 0. The van der Waals surface area contributed by atoms with E-state index in [9.17, 15) is 9.59 Å². The zero-order valence-corrected chi connectivity index (χ0v) is 19.4. The highest BCUT2D eigenvalue weighted by molar-refractivity contribution is 5.94. The number of hydrogen-bond acceptors (Lipinski definition) is 8. The number of aromatic nitrogens is 4. The second-order valence-electron chi connectivity index (χ2n) is 7.69. The van der Waals surface area contributed by atoms with Gasteiger partial charge in [-0.1, -0.05) is 13.8 Å². The summed E-state index contributed by atoms with van der Waals surface area (Å²) in [6.07, 6.45) is 4.22. The van der Waals surface area contributed by atoms with E-state index in [1.807, 2.05) is 19.1 Å². The third-order valence-electron chi connectivity index (χ3n) is 5.30. The number of fused-ring (bicyclic) bond motifs is 1. The molecular formula is C23H30N6O4. The van der Waals surface area contributed by atoms with E-state index >= 15 is 0 Å². The van der Waals surface area contributed by atoms with Crippen LogP contribution in [-0.2, 0) is 16.1 Å². The van der Waals surface area contributed by atoms with Gasteiger partial charge >= 0.3 is 0 Å². The van der Waals surface area contributed by atoms with E-state index in [2.05, 4.69) is 15.0 Å². The summed E-state index contributed by atoms with van der Waals surface area (Å²) >= 11 is 0. The predicted octanol–water partition coefficient (Wildman–Crippen LogP) is 1.85. The van der Waals surface area contributed by atoms with Crippen LogP contribution in [0.4, 0.5) is 5.82 Å². The van der Waals surface area contributed by atoms with E-state index in [4.69, 9.17) is 15.2 Å². The Morgan fingerprint density at radius 3 is 2.61 bits per heavy atom. The number of pyridine rings is 2. The van der Waals surface area contributed by atoms with Crippen LogP contribution in [0.5, 0.6) is 5.88 Å². The van der Waals surface area contributed by atoms with Crippen LogP contribution in [0.15, 0.2) is 35.4 Å². The normalized spacial score (nSPS) is 12.0. The van der Waals surface area contributed by atoms with E-state index < -0.39 is 11.5 Å². The van der Waals surface area contributed by atoms with E-state index in [0.717, 1.165) is 17.5 Å². The monoisotopic (exact) mass is 454 g/mol. The topological polar surface area (TPSA) is 125 Å². The van der Waals surface area contributed by atoms with Crippen molar-refractivity contribution in [1.82, 2.24) is 19.5 Å². The second-order valence-corrected chi connectivity index (χ2v) is 7.69. The molecule has 0 spiro atoms. The van der Waals surface area contributed by atoms with Crippen LogP contribution in [0.3, 0.4) is 0 Å². The van der Waals surface area contributed by atoms with Crippen LogP contribution in [0.2, 0.25) is 0 Å². The fraction of sp³-hybridized carbons (Fsp3) is 0.435. The van der Waals surface area contributed by atoms with Gasteiger partial charge in [0.15, 0.2) is 5.65 Å². The highest BCUT2D eigenvalue weighted by atomic mass is 16.5. The molecule has 0 radical (unpaired) electrons. The molecule has 2 N–H and O–H groups in total. The quantitative estimate of drug-likeness (QED) is 0.460. The Hall–Kier alpha value is -3.37. The minimum absolute atomic E-state index is 0.00894. The molecule has 0 aliphatic carbocycles. The molecule has 0 saturated carbocycles. The molecule has 33 heavy (non-hydrogen) atoms. The summed E-state index contributed by atoms with van der Waals surface area (Å²) in [7, 11) is 3.08. The van der Waals surface area contributed by atoms with Crippen molar-refractivity contribution in [3.8, 4) is 17.0 Å². The Morgan fingerprint density at radius 2 is 1.97 bits per heavy atom. The van der Waals surface area contributed by atoms with Crippen LogP contribution < -0.4 is 20.9 Å². The minimum Gasteiger partial charge on any atom is -0.481 e. The first-order chi connectivity index (χ1) is 15.9. The first kappa shape index (κ1) is 24.3. The third kappa shape index (κ3) is 5.35. The van der Waals surface area contributed by atoms with E-state index in [1.165, 1.54) is 11.9 Å². The molecule has 1 amide bonds. The summed E-state index contributed by atoms with van der Waals surface area (Å²) in [6, 6.07) is 5.46. The lowest BCUT2D eigenvalue weighted by molar-refractivity contribution is -0.121. The van der Waals surface area contributed by atoms with Gasteiger partial charge in [0.2, 0.25) is 17.6 Å². The molecule has 1 atom stereocenters. The second kappa shape index (κ2) is 11.0. The van der Waals surface area contributed by atoms with Crippen LogP contribution >= 0.6 is 0 Å². The van der Waals surface area contributed by atoms with Crippen molar-refractivity contribution >= 4 is 22.9 Å². The number of ether oxygens (including phenoxy) is 2. The zero-order valence-electron chi connectivity index (χ0n) is 19.4. The van der Waals surface area contributed by atoms with Gasteiger partial charge in [0.1, 0.15) is 0 Å². The summed E-state index contributed by atoms with van der Waals surface area (Å²) in [6.45, 7) is 5.14. The maximum Gasteiger partial charge on any atom is 0.294 e. The molecule has 0 saturated heterocycles. The smallest absolute Gasteiger partial charge is 0.294 e. The molecule has 0 fully saturated rings. The Balaban J connectivity index is 2.10. The van der Waals surface area contributed by atoms with Crippen molar-refractivity contribution in [2.75, 3.05) is 38.8 Å². The van der Waals surface area contributed by atoms with Gasteiger partial charge in [0.25, 0.3) is 5.56 Å². The Labute approximate surface area is 192 Å². The molecule has 3 aromatic heterocycles. The van der Waals surface area contributed by atoms with Crippen molar-refractivity contribution in [2.45, 2.75) is 26.8 Å². The van der Waals surface area contributed by atoms with Gasteiger partial charge in [-0.15, -0.1) is 0 Å². The number of nitrogens with two attached hydrogens (primary N) is 1. The zero-order chi connectivity index (χ0) is 24.0. The largest absolute Gasteiger partial charge is 0.481 e. The van der Waals surface area contributed by atoms with Gasteiger partial charge in [-0.2, -0.15) is 0 Å². The lowest BCUT2D eigenvalue weighted by Gasteiger charge is -2.21. The minimum atomic E-state index is -0.439. The fourth-order valence-electron chi connectivity index (χ4n) is 3.32. The number of amides is 1. The van der Waals surface area contributed by atoms with Gasteiger partial charge in [0, 0.05) is 62.2 Å². The molecule has 10 heteroatoms. The first-order valence-electron chi connectivity index (χ1n) is 10.9. The fourth-order valence-corrected chi connectivity index (χ4v) is 3.32.